The second-order valence-electron chi connectivity index (χ2n) is 3.31. The lowest BCUT2D eigenvalue weighted by Crippen LogP contribution is -2.10. The number of aromatic hydroxyl groups is 1. The molecule has 1 aromatic carbocycles. The monoisotopic (exact) mass is 166 g/mol. The van der Waals surface area contributed by atoms with Gasteiger partial charge < -0.3 is 5.11 Å². The van der Waals surface area contributed by atoms with Crippen LogP contribution in [0.5, 0.6) is 5.75 Å². The van der Waals surface area contributed by atoms with Crippen LogP contribution in [-0.4, -0.2) is 5.11 Å². The van der Waals surface area contributed by atoms with Crippen LogP contribution in [0.3, 0.4) is 0 Å². The van der Waals surface area contributed by atoms with E-state index < -0.39 is 5.82 Å². The van der Waals surface area contributed by atoms with Crippen molar-refractivity contribution in [1.29, 1.82) is 0 Å². The van der Waals surface area contributed by atoms with Gasteiger partial charge in [-0.15, -0.1) is 0 Å². The number of phenols is 1. The standard InChI is InChI=1S/C10H11FO/c11-10-8(7-3-1-4-7)5-2-6-9(10)12/h2,5-7,12H,1,3-4H2. The summed E-state index contributed by atoms with van der Waals surface area (Å²) in [4.78, 5) is 0. The van der Waals surface area contributed by atoms with Gasteiger partial charge in [-0.05, 0) is 30.4 Å². The molecule has 2 rings (SSSR count). The molecule has 64 valence electrons. The van der Waals surface area contributed by atoms with Crippen LogP contribution in [0.15, 0.2) is 18.2 Å². The number of hydrogen-bond acceptors (Lipinski definition) is 1. The van der Waals surface area contributed by atoms with Gasteiger partial charge in [0.2, 0.25) is 0 Å². The Bertz CT molecular complexity index is 292. The minimum absolute atomic E-state index is 0.223. The average molecular weight is 166 g/mol. The Labute approximate surface area is 70.8 Å². The Balaban J connectivity index is 2.36. The van der Waals surface area contributed by atoms with E-state index in [1.165, 1.54) is 12.5 Å². The summed E-state index contributed by atoms with van der Waals surface area (Å²) in [7, 11) is 0. The zero-order valence-corrected chi connectivity index (χ0v) is 6.76. The van der Waals surface area contributed by atoms with Gasteiger partial charge in [-0.1, -0.05) is 18.6 Å². The highest BCUT2D eigenvalue weighted by molar-refractivity contribution is 5.32. The van der Waals surface area contributed by atoms with Gasteiger partial charge in [0.05, 0.1) is 0 Å². The Kier molecular flexibility index (Phi) is 1.75. The van der Waals surface area contributed by atoms with Crippen molar-refractivity contribution in [3.63, 3.8) is 0 Å². The van der Waals surface area contributed by atoms with Crippen molar-refractivity contribution in [1.82, 2.24) is 0 Å². The smallest absolute Gasteiger partial charge is 0.168 e. The molecule has 0 saturated heterocycles. The molecule has 1 aromatic rings. The van der Waals surface area contributed by atoms with E-state index in [0.717, 1.165) is 12.8 Å². The van der Waals surface area contributed by atoms with Crippen LogP contribution in [0.2, 0.25) is 0 Å². The molecule has 0 radical (unpaired) electrons. The third-order valence-electron chi connectivity index (χ3n) is 2.55. The Morgan fingerprint density at radius 2 is 2.08 bits per heavy atom. The Morgan fingerprint density at radius 1 is 1.33 bits per heavy atom. The maximum atomic E-state index is 13.2. The molecule has 0 aromatic heterocycles. The molecule has 1 aliphatic carbocycles. The highest BCUT2D eigenvalue weighted by Crippen LogP contribution is 2.39. The van der Waals surface area contributed by atoms with Crippen molar-refractivity contribution in [3.8, 4) is 5.75 Å². The quantitative estimate of drug-likeness (QED) is 0.680. The lowest BCUT2D eigenvalue weighted by Gasteiger charge is -2.26. The fourth-order valence-corrected chi connectivity index (χ4v) is 1.57. The summed E-state index contributed by atoms with van der Waals surface area (Å²) in [6.45, 7) is 0. The molecule has 0 aliphatic heterocycles. The molecule has 0 bridgehead atoms. The number of rotatable bonds is 1. The second-order valence-corrected chi connectivity index (χ2v) is 3.31. The highest BCUT2D eigenvalue weighted by atomic mass is 19.1. The van der Waals surface area contributed by atoms with Gasteiger partial charge in [-0.2, -0.15) is 0 Å². The molecule has 0 atom stereocenters. The summed E-state index contributed by atoms with van der Waals surface area (Å²) in [6, 6.07) is 4.85. The minimum Gasteiger partial charge on any atom is -0.505 e. The summed E-state index contributed by atoms with van der Waals surface area (Å²) in [5, 5.41) is 9.09. The van der Waals surface area contributed by atoms with E-state index in [4.69, 9.17) is 5.11 Å². The van der Waals surface area contributed by atoms with Crippen molar-refractivity contribution in [2.75, 3.05) is 0 Å². The number of benzene rings is 1. The molecule has 0 heterocycles. The van der Waals surface area contributed by atoms with E-state index in [-0.39, 0.29) is 5.75 Å². The fourth-order valence-electron chi connectivity index (χ4n) is 1.57. The Hall–Kier alpha value is -1.05. The van der Waals surface area contributed by atoms with Crippen LogP contribution < -0.4 is 0 Å². The third kappa shape index (κ3) is 1.07. The van der Waals surface area contributed by atoms with Gasteiger partial charge in [0.15, 0.2) is 11.6 Å². The molecule has 1 saturated carbocycles. The zero-order chi connectivity index (χ0) is 8.55. The van der Waals surface area contributed by atoms with E-state index in [0.29, 0.717) is 11.5 Å². The largest absolute Gasteiger partial charge is 0.505 e. The van der Waals surface area contributed by atoms with Crippen LogP contribution >= 0.6 is 0 Å². The zero-order valence-electron chi connectivity index (χ0n) is 6.76. The number of halogens is 1. The molecule has 1 N–H and O–H groups in total. The molecule has 2 heteroatoms. The van der Waals surface area contributed by atoms with E-state index in [1.54, 1.807) is 12.1 Å². The van der Waals surface area contributed by atoms with Gasteiger partial charge in [0, 0.05) is 0 Å². The molecule has 0 amide bonds. The van der Waals surface area contributed by atoms with E-state index in [9.17, 15) is 4.39 Å². The first-order chi connectivity index (χ1) is 5.79. The fraction of sp³-hybridized carbons (Fsp3) is 0.400. The second kappa shape index (κ2) is 2.77. The van der Waals surface area contributed by atoms with Gasteiger partial charge in [0.25, 0.3) is 0 Å². The van der Waals surface area contributed by atoms with Gasteiger partial charge in [0.1, 0.15) is 0 Å². The van der Waals surface area contributed by atoms with Crippen LogP contribution in [0, 0.1) is 5.82 Å². The number of hydrogen-bond donors (Lipinski definition) is 1. The van der Waals surface area contributed by atoms with E-state index >= 15 is 0 Å². The van der Waals surface area contributed by atoms with Crippen molar-refractivity contribution in [2.24, 2.45) is 0 Å². The van der Waals surface area contributed by atoms with Crippen LogP contribution in [0.1, 0.15) is 30.7 Å². The van der Waals surface area contributed by atoms with E-state index in [1.807, 2.05) is 0 Å². The lowest BCUT2D eigenvalue weighted by molar-refractivity contribution is 0.384. The van der Waals surface area contributed by atoms with Gasteiger partial charge >= 0.3 is 0 Å². The molecular formula is C10H11FO. The summed E-state index contributed by atoms with van der Waals surface area (Å²) in [5.41, 5.74) is 0.682. The first kappa shape index (κ1) is 7.59. The predicted molar refractivity (Wildman–Crippen MR) is 44.7 cm³/mol. The third-order valence-corrected chi connectivity index (χ3v) is 2.55. The van der Waals surface area contributed by atoms with E-state index in [2.05, 4.69) is 0 Å². The van der Waals surface area contributed by atoms with Crippen molar-refractivity contribution >= 4 is 0 Å². The summed E-state index contributed by atoms with van der Waals surface area (Å²) in [6.07, 6.45) is 3.29. The molecule has 1 fully saturated rings. The maximum Gasteiger partial charge on any atom is 0.168 e. The van der Waals surface area contributed by atoms with Gasteiger partial charge in [-0.3, -0.25) is 0 Å². The van der Waals surface area contributed by atoms with Gasteiger partial charge in [-0.25, -0.2) is 4.39 Å². The normalized spacial score (nSPS) is 17.4. The van der Waals surface area contributed by atoms with Crippen molar-refractivity contribution < 1.29 is 9.50 Å². The molecule has 1 aliphatic rings. The maximum absolute atomic E-state index is 13.2. The van der Waals surface area contributed by atoms with Crippen molar-refractivity contribution in [3.05, 3.63) is 29.6 Å². The average Bonchev–Trinajstić information content (AvgIpc) is 1.95. The molecule has 12 heavy (non-hydrogen) atoms. The highest BCUT2D eigenvalue weighted by Gasteiger charge is 2.23. The van der Waals surface area contributed by atoms with Crippen LogP contribution in [-0.2, 0) is 0 Å². The molecule has 1 nitrogen and oxygen atoms in total. The SMILES string of the molecule is Oc1cccc(C2CCC2)c1F. The molecular weight excluding hydrogens is 155 g/mol. The summed E-state index contributed by atoms with van der Waals surface area (Å²) < 4.78 is 13.2. The predicted octanol–water partition coefficient (Wildman–Crippen LogP) is 2.80. The first-order valence-corrected chi connectivity index (χ1v) is 4.26. The number of phenolic OH excluding ortho intramolecular Hbond substituents is 1. The topological polar surface area (TPSA) is 20.2 Å². The van der Waals surface area contributed by atoms with Crippen LogP contribution in [0.25, 0.3) is 0 Å². The molecule has 0 spiro atoms. The Morgan fingerprint density at radius 3 is 2.67 bits per heavy atom. The van der Waals surface area contributed by atoms with Crippen molar-refractivity contribution in [2.45, 2.75) is 25.2 Å². The first-order valence-electron chi connectivity index (χ1n) is 4.26. The summed E-state index contributed by atoms with van der Waals surface area (Å²) >= 11 is 0. The summed E-state index contributed by atoms with van der Waals surface area (Å²) in [5.74, 6) is -0.307. The lowest BCUT2D eigenvalue weighted by atomic mass is 9.80. The van der Waals surface area contributed by atoms with Crippen LogP contribution in [0.4, 0.5) is 4.39 Å². The molecule has 0 unspecified atom stereocenters. The minimum atomic E-state index is -0.429.